The number of hydrogen-bond donors (Lipinski definition) is 1. The van der Waals surface area contributed by atoms with Crippen molar-refractivity contribution >= 4 is 5.71 Å². The van der Waals surface area contributed by atoms with Crippen molar-refractivity contribution in [2.24, 2.45) is 5.16 Å². The first-order valence-electron chi connectivity index (χ1n) is 3.45. The van der Waals surface area contributed by atoms with Gasteiger partial charge in [-0.15, -0.1) is 0 Å². The fourth-order valence-electron chi connectivity index (χ4n) is 1.20. The van der Waals surface area contributed by atoms with Crippen LogP contribution in [0.2, 0.25) is 0 Å². The first-order chi connectivity index (χ1) is 5.83. The Kier molecular flexibility index (Phi) is 1.46. The van der Waals surface area contributed by atoms with E-state index in [-0.39, 0.29) is 17.9 Å². The Hall–Kier alpha value is -1.58. The Bertz CT molecular complexity index is 349. The predicted octanol–water partition coefficient (Wildman–Crippen LogP) is 1.40. The monoisotopic (exact) mass is 167 g/mol. The third-order valence-corrected chi connectivity index (χ3v) is 1.75. The summed E-state index contributed by atoms with van der Waals surface area (Å²) in [5.74, 6) is 0.0144. The summed E-state index contributed by atoms with van der Waals surface area (Å²) in [5, 5.41) is 11.4. The molecule has 4 heteroatoms. The Morgan fingerprint density at radius 3 is 3.08 bits per heavy atom. The number of fused-ring (bicyclic) bond motifs is 1. The molecule has 0 aromatic heterocycles. The maximum absolute atomic E-state index is 13.1. The molecule has 0 spiro atoms. The van der Waals surface area contributed by atoms with Crippen molar-refractivity contribution in [3.05, 3.63) is 29.6 Å². The molecule has 1 aliphatic heterocycles. The number of ether oxygens (including phenoxy) is 1. The molecule has 0 unspecified atom stereocenters. The van der Waals surface area contributed by atoms with Gasteiger partial charge in [0, 0.05) is 0 Å². The predicted molar refractivity (Wildman–Crippen MR) is 40.2 cm³/mol. The van der Waals surface area contributed by atoms with Crippen molar-refractivity contribution < 1.29 is 14.3 Å². The van der Waals surface area contributed by atoms with Crippen molar-refractivity contribution in [3.8, 4) is 5.75 Å². The number of hydrogen-bond acceptors (Lipinski definition) is 3. The quantitative estimate of drug-likeness (QED) is 0.468. The Labute approximate surface area is 68.1 Å². The lowest BCUT2D eigenvalue weighted by Gasteiger charge is -1.96. The molecule has 2 rings (SSSR count). The van der Waals surface area contributed by atoms with E-state index in [2.05, 4.69) is 5.16 Å². The summed E-state index contributed by atoms with van der Waals surface area (Å²) < 4.78 is 18.1. The van der Waals surface area contributed by atoms with Gasteiger partial charge in [0.2, 0.25) is 0 Å². The smallest absolute Gasteiger partial charge is 0.136 e. The molecule has 0 saturated heterocycles. The molecule has 0 aliphatic carbocycles. The van der Waals surface area contributed by atoms with Gasteiger partial charge >= 0.3 is 0 Å². The molecule has 12 heavy (non-hydrogen) atoms. The van der Waals surface area contributed by atoms with E-state index in [1.807, 2.05) is 0 Å². The number of benzene rings is 1. The van der Waals surface area contributed by atoms with Gasteiger partial charge in [-0.3, -0.25) is 0 Å². The van der Waals surface area contributed by atoms with Crippen LogP contribution in [0.3, 0.4) is 0 Å². The van der Waals surface area contributed by atoms with Gasteiger partial charge < -0.3 is 9.94 Å². The number of halogens is 1. The van der Waals surface area contributed by atoms with Gasteiger partial charge in [0.25, 0.3) is 0 Å². The lowest BCUT2D eigenvalue weighted by molar-refractivity contribution is 0.313. The minimum absolute atomic E-state index is 0.132. The SMILES string of the molecule is ON=C1COc2cccc(F)c21. The molecular weight excluding hydrogens is 161 g/mol. The molecule has 0 bridgehead atoms. The molecule has 1 aromatic carbocycles. The highest BCUT2D eigenvalue weighted by Crippen LogP contribution is 2.27. The first-order valence-corrected chi connectivity index (χ1v) is 3.45. The Morgan fingerprint density at radius 1 is 1.50 bits per heavy atom. The van der Waals surface area contributed by atoms with E-state index in [9.17, 15) is 4.39 Å². The van der Waals surface area contributed by atoms with Crippen LogP contribution in [-0.4, -0.2) is 17.5 Å². The molecular formula is C8H6FNO2. The summed E-state index contributed by atoms with van der Waals surface area (Å²) in [4.78, 5) is 0. The maximum Gasteiger partial charge on any atom is 0.136 e. The lowest BCUT2D eigenvalue weighted by atomic mass is 10.1. The second-order valence-electron chi connectivity index (χ2n) is 2.45. The molecule has 3 nitrogen and oxygen atoms in total. The van der Waals surface area contributed by atoms with Crippen LogP contribution < -0.4 is 4.74 Å². The number of rotatable bonds is 0. The topological polar surface area (TPSA) is 41.8 Å². The van der Waals surface area contributed by atoms with Crippen LogP contribution in [0.4, 0.5) is 4.39 Å². The second-order valence-corrected chi connectivity index (χ2v) is 2.45. The van der Waals surface area contributed by atoms with E-state index >= 15 is 0 Å². The molecule has 1 aromatic rings. The van der Waals surface area contributed by atoms with E-state index in [1.165, 1.54) is 6.07 Å². The molecule has 1 aliphatic rings. The zero-order chi connectivity index (χ0) is 8.55. The van der Waals surface area contributed by atoms with E-state index in [0.717, 1.165) is 0 Å². The van der Waals surface area contributed by atoms with Crippen LogP contribution >= 0.6 is 0 Å². The molecule has 0 atom stereocenters. The molecule has 1 N–H and O–H groups in total. The van der Waals surface area contributed by atoms with Crippen LogP contribution in [0.25, 0.3) is 0 Å². The van der Waals surface area contributed by atoms with Crippen LogP contribution in [0.1, 0.15) is 5.56 Å². The van der Waals surface area contributed by atoms with Crippen LogP contribution in [0.15, 0.2) is 23.4 Å². The molecule has 1 heterocycles. The third-order valence-electron chi connectivity index (χ3n) is 1.75. The maximum atomic E-state index is 13.1. The molecule has 0 saturated carbocycles. The van der Waals surface area contributed by atoms with Crippen LogP contribution in [0, 0.1) is 5.82 Å². The van der Waals surface area contributed by atoms with E-state index in [1.54, 1.807) is 12.1 Å². The van der Waals surface area contributed by atoms with Crippen molar-refractivity contribution in [1.29, 1.82) is 0 Å². The van der Waals surface area contributed by atoms with Gasteiger partial charge in [0.1, 0.15) is 23.9 Å². The fourth-order valence-corrected chi connectivity index (χ4v) is 1.20. The molecule has 0 radical (unpaired) electrons. The highest BCUT2D eigenvalue weighted by molar-refractivity contribution is 6.06. The summed E-state index contributed by atoms with van der Waals surface area (Å²) in [6.45, 7) is 0.132. The van der Waals surface area contributed by atoms with Crippen molar-refractivity contribution in [2.75, 3.05) is 6.61 Å². The van der Waals surface area contributed by atoms with E-state index < -0.39 is 5.82 Å². The van der Waals surface area contributed by atoms with Gasteiger partial charge in [0.15, 0.2) is 0 Å². The van der Waals surface area contributed by atoms with Crippen molar-refractivity contribution in [1.82, 2.24) is 0 Å². The van der Waals surface area contributed by atoms with Crippen molar-refractivity contribution in [3.63, 3.8) is 0 Å². The number of nitrogens with zero attached hydrogens (tertiary/aromatic N) is 1. The molecule has 0 amide bonds. The van der Waals surface area contributed by atoms with Crippen LogP contribution in [-0.2, 0) is 0 Å². The summed E-state index contributed by atoms with van der Waals surface area (Å²) in [6, 6.07) is 4.49. The second kappa shape index (κ2) is 2.48. The van der Waals surface area contributed by atoms with Crippen LogP contribution in [0.5, 0.6) is 5.75 Å². The van der Waals surface area contributed by atoms with Gasteiger partial charge in [-0.2, -0.15) is 0 Å². The summed E-state index contributed by atoms with van der Waals surface area (Å²) in [7, 11) is 0. The third kappa shape index (κ3) is 0.845. The molecule has 62 valence electrons. The van der Waals surface area contributed by atoms with E-state index in [0.29, 0.717) is 5.75 Å². The Morgan fingerprint density at radius 2 is 2.33 bits per heavy atom. The summed E-state index contributed by atoms with van der Waals surface area (Å²) >= 11 is 0. The first kappa shape index (κ1) is 7.09. The normalized spacial score (nSPS) is 17.6. The molecule has 0 fully saturated rings. The van der Waals surface area contributed by atoms with Gasteiger partial charge in [0.05, 0.1) is 5.56 Å². The highest BCUT2D eigenvalue weighted by atomic mass is 19.1. The average molecular weight is 167 g/mol. The van der Waals surface area contributed by atoms with E-state index in [4.69, 9.17) is 9.94 Å². The Balaban J connectivity index is 2.63. The van der Waals surface area contributed by atoms with Gasteiger partial charge in [-0.1, -0.05) is 11.2 Å². The number of oxime groups is 1. The largest absolute Gasteiger partial charge is 0.486 e. The van der Waals surface area contributed by atoms with Gasteiger partial charge in [-0.25, -0.2) is 4.39 Å². The minimum atomic E-state index is -0.419. The standard InChI is InChI=1S/C8H6FNO2/c9-5-2-1-3-7-8(5)6(10-11)4-12-7/h1-3,11H,4H2. The minimum Gasteiger partial charge on any atom is -0.486 e. The zero-order valence-corrected chi connectivity index (χ0v) is 6.12. The summed E-state index contributed by atoms with van der Waals surface area (Å²) in [5.41, 5.74) is 0.503. The van der Waals surface area contributed by atoms with Crippen molar-refractivity contribution in [2.45, 2.75) is 0 Å². The summed E-state index contributed by atoms with van der Waals surface area (Å²) in [6.07, 6.45) is 0. The lowest BCUT2D eigenvalue weighted by Crippen LogP contribution is -2.03. The zero-order valence-electron chi connectivity index (χ0n) is 6.12. The van der Waals surface area contributed by atoms with Gasteiger partial charge in [-0.05, 0) is 12.1 Å². The highest BCUT2D eigenvalue weighted by Gasteiger charge is 2.23. The average Bonchev–Trinajstić information content (AvgIpc) is 2.49. The fraction of sp³-hybridized carbons (Fsp3) is 0.125.